The molecule has 202 valence electrons. The topological polar surface area (TPSA) is 98.7 Å². The van der Waals surface area contributed by atoms with Crippen LogP contribution >= 0.6 is 11.8 Å². The highest BCUT2D eigenvalue weighted by molar-refractivity contribution is 8.02. The van der Waals surface area contributed by atoms with Crippen LogP contribution < -0.4 is 10.6 Å². The summed E-state index contributed by atoms with van der Waals surface area (Å²) in [6.45, 7) is 6.31. The second kappa shape index (κ2) is 10.6. The maximum Gasteiger partial charge on any atom is 0.244 e. The number of thioether (sulfide) groups is 1. The van der Waals surface area contributed by atoms with Crippen molar-refractivity contribution in [3.63, 3.8) is 0 Å². The van der Waals surface area contributed by atoms with Gasteiger partial charge in [-0.05, 0) is 36.7 Å². The van der Waals surface area contributed by atoms with Gasteiger partial charge in [-0.3, -0.25) is 14.4 Å². The van der Waals surface area contributed by atoms with Crippen LogP contribution in [-0.4, -0.2) is 62.5 Å². The van der Waals surface area contributed by atoms with Crippen molar-refractivity contribution in [2.24, 2.45) is 23.7 Å². The second-order valence-electron chi connectivity index (χ2n) is 11.8. The number of benzene rings is 1. The number of amides is 3. The summed E-state index contributed by atoms with van der Waals surface area (Å²) in [7, 11) is 0. The maximum atomic E-state index is 14.3. The van der Waals surface area contributed by atoms with Crippen molar-refractivity contribution >= 4 is 29.5 Å². The molecule has 7 atom stereocenters. The summed E-state index contributed by atoms with van der Waals surface area (Å²) in [5.41, 5.74) is 1.01. The lowest BCUT2D eigenvalue weighted by atomic mass is 9.65. The summed E-state index contributed by atoms with van der Waals surface area (Å²) in [5, 5.41) is 16.8. The molecule has 1 aromatic rings. The van der Waals surface area contributed by atoms with Gasteiger partial charge in [0.2, 0.25) is 17.7 Å². The molecule has 37 heavy (non-hydrogen) atoms. The Morgan fingerprint density at radius 2 is 1.84 bits per heavy atom. The summed E-state index contributed by atoms with van der Waals surface area (Å²) in [6.07, 6.45) is 6.14. The Morgan fingerprint density at radius 3 is 2.49 bits per heavy atom. The number of aliphatic hydroxyl groups excluding tert-OH is 1. The molecule has 3 aliphatic heterocycles. The fraction of sp³-hybridized carbons (Fsp3) is 0.690. The van der Waals surface area contributed by atoms with Crippen LogP contribution in [0.3, 0.4) is 0 Å². The minimum Gasteiger partial charge on any atom is -0.394 e. The average Bonchev–Trinajstić information content (AvgIpc) is 3.48. The number of likely N-dealkylation sites (tertiary alicyclic amines) is 1. The Labute approximate surface area is 224 Å². The van der Waals surface area contributed by atoms with Crippen LogP contribution in [0.2, 0.25) is 0 Å². The number of carbonyl (C=O) groups excluding carboxylic acids is 3. The van der Waals surface area contributed by atoms with Crippen LogP contribution in [0.15, 0.2) is 30.3 Å². The predicted octanol–water partition coefficient (Wildman–Crippen LogP) is 3.11. The standard InChI is InChI=1S/C29H41N3O4S/c1-17(2)21(16-33)32-25(27(35)31-20-12-8-5-9-13-20)29-18(3)14-22(37-29)23(24(29)28(32)36)26(34)30-15-19-10-6-4-7-11-19/h4,6-7,10-11,17-18,20-25,33H,5,8-9,12-16H2,1-3H3,(H,30,34)(H,31,35)/t18?,21-,22-,23+,24-,25?,29?/m0/s1. The number of carbonyl (C=O) groups is 3. The van der Waals surface area contributed by atoms with Crippen LogP contribution in [0.5, 0.6) is 0 Å². The van der Waals surface area contributed by atoms with Gasteiger partial charge >= 0.3 is 0 Å². The Kier molecular flexibility index (Phi) is 7.60. The summed E-state index contributed by atoms with van der Waals surface area (Å²) in [5.74, 6) is -1.28. The summed E-state index contributed by atoms with van der Waals surface area (Å²) >= 11 is 1.70. The van der Waals surface area contributed by atoms with E-state index < -0.39 is 28.7 Å². The van der Waals surface area contributed by atoms with E-state index in [2.05, 4.69) is 17.6 Å². The molecule has 8 heteroatoms. The zero-order valence-corrected chi connectivity index (χ0v) is 23.0. The zero-order chi connectivity index (χ0) is 26.3. The summed E-state index contributed by atoms with van der Waals surface area (Å²) in [4.78, 5) is 43.6. The maximum absolute atomic E-state index is 14.3. The molecule has 2 bridgehead atoms. The lowest BCUT2D eigenvalue weighted by Gasteiger charge is -2.41. The molecule has 1 spiro atoms. The third-order valence-corrected chi connectivity index (χ3v) is 11.4. The van der Waals surface area contributed by atoms with E-state index in [1.165, 1.54) is 6.42 Å². The minimum absolute atomic E-state index is 0.0125. The Hall–Kier alpha value is -2.06. The van der Waals surface area contributed by atoms with Crippen molar-refractivity contribution < 1.29 is 19.5 Å². The van der Waals surface area contributed by atoms with Gasteiger partial charge in [0, 0.05) is 17.8 Å². The molecule has 4 fully saturated rings. The van der Waals surface area contributed by atoms with E-state index >= 15 is 0 Å². The van der Waals surface area contributed by atoms with Crippen LogP contribution in [0.25, 0.3) is 0 Å². The van der Waals surface area contributed by atoms with Crippen LogP contribution in [0.4, 0.5) is 0 Å². The van der Waals surface area contributed by atoms with Gasteiger partial charge in [0.1, 0.15) is 6.04 Å². The summed E-state index contributed by atoms with van der Waals surface area (Å²) < 4.78 is -0.655. The first kappa shape index (κ1) is 26.5. The molecule has 4 aliphatic rings. The Balaban J connectivity index is 1.47. The molecule has 5 rings (SSSR count). The van der Waals surface area contributed by atoms with Gasteiger partial charge in [-0.15, -0.1) is 11.8 Å². The van der Waals surface area contributed by atoms with Gasteiger partial charge in [0.15, 0.2) is 0 Å². The molecule has 3 N–H and O–H groups in total. The molecular weight excluding hydrogens is 486 g/mol. The van der Waals surface area contributed by atoms with E-state index in [-0.39, 0.29) is 47.5 Å². The molecule has 1 aliphatic carbocycles. The fourth-order valence-electron chi connectivity index (χ4n) is 7.47. The lowest BCUT2D eigenvalue weighted by molar-refractivity contribution is -0.144. The highest BCUT2D eigenvalue weighted by atomic mass is 32.2. The molecule has 1 aromatic carbocycles. The highest BCUT2D eigenvalue weighted by Gasteiger charge is 2.76. The van der Waals surface area contributed by atoms with Gasteiger partial charge in [-0.1, -0.05) is 70.4 Å². The van der Waals surface area contributed by atoms with Gasteiger partial charge < -0.3 is 20.6 Å². The molecule has 7 nitrogen and oxygen atoms in total. The van der Waals surface area contributed by atoms with Crippen molar-refractivity contribution in [2.45, 2.75) is 94.0 Å². The number of hydrogen-bond acceptors (Lipinski definition) is 5. The van der Waals surface area contributed by atoms with Crippen LogP contribution in [-0.2, 0) is 20.9 Å². The number of hydrogen-bond donors (Lipinski definition) is 3. The molecule has 3 unspecified atom stereocenters. The van der Waals surface area contributed by atoms with Crippen LogP contribution in [0, 0.1) is 23.7 Å². The molecule has 3 amide bonds. The monoisotopic (exact) mass is 527 g/mol. The average molecular weight is 528 g/mol. The van der Waals surface area contributed by atoms with E-state index in [4.69, 9.17) is 0 Å². The van der Waals surface area contributed by atoms with Crippen molar-refractivity contribution in [3.8, 4) is 0 Å². The largest absolute Gasteiger partial charge is 0.394 e. The first-order chi connectivity index (χ1) is 17.8. The lowest BCUT2D eigenvalue weighted by Crippen LogP contribution is -2.60. The normalized spacial score (nSPS) is 34.0. The molecule has 3 saturated heterocycles. The molecule has 3 heterocycles. The smallest absolute Gasteiger partial charge is 0.244 e. The number of aliphatic hydroxyl groups is 1. The highest BCUT2D eigenvalue weighted by Crippen LogP contribution is 2.68. The SMILES string of the molecule is CC(C)[C@H](CO)N1C(=O)[C@@H]2[C@H](C(=O)NCc3ccccc3)[C@@H]3CC(C)C2(S3)C1C(=O)NC1CCCCC1. The van der Waals surface area contributed by atoms with Crippen molar-refractivity contribution in [2.75, 3.05) is 6.61 Å². The van der Waals surface area contributed by atoms with Gasteiger partial charge in [-0.2, -0.15) is 0 Å². The van der Waals surface area contributed by atoms with Crippen LogP contribution in [0.1, 0.15) is 64.9 Å². The van der Waals surface area contributed by atoms with Crippen molar-refractivity contribution in [1.82, 2.24) is 15.5 Å². The fourth-order valence-corrected chi connectivity index (χ4v) is 9.87. The molecule has 0 radical (unpaired) electrons. The quantitative estimate of drug-likeness (QED) is 0.483. The van der Waals surface area contributed by atoms with E-state index in [1.807, 2.05) is 44.2 Å². The Bertz CT molecular complexity index is 1010. The van der Waals surface area contributed by atoms with Crippen molar-refractivity contribution in [1.29, 1.82) is 0 Å². The number of fused-ring (bicyclic) bond motifs is 1. The molecule has 1 saturated carbocycles. The van der Waals surface area contributed by atoms with Gasteiger partial charge in [-0.25, -0.2) is 0 Å². The number of nitrogens with one attached hydrogen (secondary N) is 2. The first-order valence-electron chi connectivity index (χ1n) is 14.0. The third kappa shape index (κ3) is 4.48. The van der Waals surface area contributed by atoms with Crippen molar-refractivity contribution in [3.05, 3.63) is 35.9 Å². The second-order valence-corrected chi connectivity index (χ2v) is 13.4. The first-order valence-corrected chi connectivity index (χ1v) is 14.9. The predicted molar refractivity (Wildman–Crippen MR) is 145 cm³/mol. The molecular formula is C29H41N3O4S. The number of rotatable bonds is 8. The van der Waals surface area contributed by atoms with E-state index in [9.17, 15) is 19.5 Å². The summed E-state index contributed by atoms with van der Waals surface area (Å²) in [6, 6.07) is 8.77. The van der Waals surface area contributed by atoms with Gasteiger partial charge in [0.05, 0.1) is 29.2 Å². The van der Waals surface area contributed by atoms with E-state index in [0.717, 1.165) is 37.7 Å². The van der Waals surface area contributed by atoms with E-state index in [1.54, 1.807) is 16.7 Å². The molecule has 0 aromatic heterocycles. The van der Waals surface area contributed by atoms with E-state index in [0.29, 0.717) is 6.54 Å². The third-order valence-electron chi connectivity index (χ3n) is 9.31. The minimum atomic E-state index is -0.677. The number of nitrogens with zero attached hydrogens (tertiary/aromatic N) is 1. The Morgan fingerprint density at radius 1 is 1.14 bits per heavy atom. The zero-order valence-electron chi connectivity index (χ0n) is 22.2. The van der Waals surface area contributed by atoms with Gasteiger partial charge in [0.25, 0.3) is 0 Å².